The maximum absolute atomic E-state index is 9.23. The summed E-state index contributed by atoms with van der Waals surface area (Å²) in [4.78, 5) is 0. The van der Waals surface area contributed by atoms with Crippen molar-refractivity contribution in [1.29, 1.82) is 0 Å². The Hall–Kier alpha value is -0.320. The van der Waals surface area contributed by atoms with Gasteiger partial charge in [-0.05, 0) is 41.3 Å². The maximum Gasteiger partial charge on any atom is 0.131 e. The minimum atomic E-state index is -0.0494. The maximum atomic E-state index is 9.23. The smallest absolute Gasteiger partial charge is 0.131 e. The van der Waals surface area contributed by atoms with Crippen LogP contribution >= 0.6 is 15.9 Å². The number of hydrogen-bond acceptors (Lipinski definition) is 3. The topological polar surface area (TPSA) is 45.4 Å². The van der Waals surface area contributed by atoms with Crippen LogP contribution in [-0.2, 0) is 6.54 Å². The van der Waals surface area contributed by atoms with Crippen LogP contribution in [0.3, 0.4) is 0 Å². The molecule has 0 radical (unpaired) electrons. The van der Waals surface area contributed by atoms with Crippen molar-refractivity contribution in [3.05, 3.63) is 22.6 Å². The summed E-state index contributed by atoms with van der Waals surface area (Å²) in [6, 6.07) is 1.88. The molecule has 2 rings (SSSR count). The molecule has 0 aliphatic heterocycles. The molecule has 1 fully saturated rings. The van der Waals surface area contributed by atoms with Gasteiger partial charge in [-0.25, -0.2) is 0 Å². The van der Waals surface area contributed by atoms with Gasteiger partial charge >= 0.3 is 0 Å². The molecule has 1 heterocycles. The first kappa shape index (κ1) is 10.2. The van der Waals surface area contributed by atoms with Crippen LogP contribution in [0.2, 0.25) is 0 Å². The third kappa shape index (κ3) is 1.87. The highest BCUT2D eigenvalue weighted by Gasteiger charge is 2.35. The molecule has 78 valence electrons. The Labute approximate surface area is 91.6 Å². The van der Waals surface area contributed by atoms with E-state index in [2.05, 4.69) is 21.2 Å². The van der Waals surface area contributed by atoms with Crippen molar-refractivity contribution in [1.82, 2.24) is 5.32 Å². The number of nitrogens with one attached hydrogen (secondary N) is 1. The molecule has 1 aliphatic carbocycles. The molecule has 1 aromatic rings. The van der Waals surface area contributed by atoms with Crippen LogP contribution in [0.15, 0.2) is 21.2 Å². The third-order valence-corrected chi connectivity index (χ3v) is 3.63. The number of aliphatic hydroxyl groups excluding tert-OH is 1. The Morgan fingerprint density at radius 1 is 1.57 bits per heavy atom. The molecule has 14 heavy (non-hydrogen) atoms. The second kappa shape index (κ2) is 4.04. The lowest BCUT2D eigenvalue weighted by atomic mass is 9.77. The SMILES string of the molecule is OCC1(NCc2occc2Br)CCC1. The van der Waals surface area contributed by atoms with E-state index in [9.17, 15) is 5.11 Å². The van der Waals surface area contributed by atoms with Gasteiger partial charge in [-0.1, -0.05) is 0 Å². The molecule has 1 saturated carbocycles. The van der Waals surface area contributed by atoms with Gasteiger partial charge in [0.2, 0.25) is 0 Å². The average Bonchev–Trinajstić information content (AvgIpc) is 2.51. The van der Waals surface area contributed by atoms with E-state index in [1.54, 1.807) is 6.26 Å². The zero-order valence-electron chi connectivity index (χ0n) is 7.92. The van der Waals surface area contributed by atoms with Gasteiger partial charge in [-0.15, -0.1) is 0 Å². The molecule has 2 N–H and O–H groups in total. The second-order valence-corrected chi connectivity index (χ2v) is 4.69. The fraction of sp³-hybridized carbons (Fsp3) is 0.600. The standard InChI is InChI=1S/C10H14BrNO2/c11-8-2-5-14-9(8)6-12-10(7-13)3-1-4-10/h2,5,12-13H,1,3-4,6-7H2. The molecule has 0 aromatic carbocycles. The van der Waals surface area contributed by atoms with E-state index in [-0.39, 0.29) is 12.1 Å². The van der Waals surface area contributed by atoms with Crippen molar-refractivity contribution in [2.24, 2.45) is 0 Å². The van der Waals surface area contributed by atoms with Crippen molar-refractivity contribution in [3.63, 3.8) is 0 Å². The molecule has 0 bridgehead atoms. The monoisotopic (exact) mass is 259 g/mol. The normalized spacial score (nSPS) is 19.3. The van der Waals surface area contributed by atoms with Gasteiger partial charge in [0.05, 0.1) is 23.9 Å². The molecule has 0 saturated heterocycles. The number of hydrogen-bond donors (Lipinski definition) is 2. The molecule has 0 spiro atoms. The van der Waals surface area contributed by atoms with Crippen molar-refractivity contribution in [2.45, 2.75) is 31.3 Å². The van der Waals surface area contributed by atoms with Crippen molar-refractivity contribution in [3.8, 4) is 0 Å². The number of rotatable bonds is 4. The van der Waals surface area contributed by atoms with Gasteiger partial charge in [0, 0.05) is 5.54 Å². The molecular weight excluding hydrogens is 246 g/mol. The predicted octanol–water partition coefficient (Wildman–Crippen LogP) is 2.05. The summed E-state index contributed by atoms with van der Waals surface area (Å²) in [7, 11) is 0. The van der Waals surface area contributed by atoms with E-state index in [0.29, 0.717) is 6.54 Å². The highest BCUT2D eigenvalue weighted by Crippen LogP contribution is 2.31. The van der Waals surface area contributed by atoms with E-state index >= 15 is 0 Å². The molecule has 3 nitrogen and oxygen atoms in total. The summed E-state index contributed by atoms with van der Waals surface area (Å²) in [6.07, 6.45) is 4.98. The van der Waals surface area contributed by atoms with E-state index in [0.717, 1.165) is 23.1 Å². The molecule has 1 aliphatic rings. The van der Waals surface area contributed by atoms with Gasteiger partial charge < -0.3 is 14.8 Å². The number of furan rings is 1. The Kier molecular flexibility index (Phi) is 2.95. The average molecular weight is 260 g/mol. The van der Waals surface area contributed by atoms with E-state index in [4.69, 9.17) is 4.42 Å². The number of aliphatic hydroxyl groups is 1. The molecule has 4 heteroatoms. The summed E-state index contributed by atoms with van der Waals surface area (Å²) in [5, 5.41) is 12.6. The van der Waals surface area contributed by atoms with Gasteiger partial charge in [0.25, 0.3) is 0 Å². The molecule has 0 amide bonds. The summed E-state index contributed by atoms with van der Waals surface area (Å²) in [6.45, 7) is 0.888. The Bertz CT molecular complexity index is 301. The first-order valence-electron chi connectivity index (χ1n) is 4.83. The first-order valence-corrected chi connectivity index (χ1v) is 5.63. The summed E-state index contributed by atoms with van der Waals surface area (Å²) in [5.41, 5.74) is -0.0494. The second-order valence-electron chi connectivity index (χ2n) is 3.84. The summed E-state index contributed by atoms with van der Waals surface area (Å²) >= 11 is 3.40. The van der Waals surface area contributed by atoms with Crippen LogP contribution in [0.1, 0.15) is 25.0 Å². The van der Waals surface area contributed by atoms with Crippen LogP contribution in [0, 0.1) is 0 Å². The van der Waals surface area contributed by atoms with Crippen LogP contribution in [0.25, 0.3) is 0 Å². The quantitative estimate of drug-likeness (QED) is 0.870. The van der Waals surface area contributed by atoms with Gasteiger partial charge in [-0.3, -0.25) is 0 Å². The minimum Gasteiger partial charge on any atom is -0.467 e. The van der Waals surface area contributed by atoms with Crippen LogP contribution in [0.5, 0.6) is 0 Å². The van der Waals surface area contributed by atoms with Gasteiger partial charge in [0.1, 0.15) is 5.76 Å². The Morgan fingerprint density at radius 3 is 2.79 bits per heavy atom. The van der Waals surface area contributed by atoms with Crippen LogP contribution in [0.4, 0.5) is 0 Å². The molecule has 0 unspecified atom stereocenters. The van der Waals surface area contributed by atoms with Crippen molar-refractivity contribution < 1.29 is 9.52 Å². The molecular formula is C10H14BrNO2. The molecule has 1 aromatic heterocycles. The lowest BCUT2D eigenvalue weighted by Gasteiger charge is -2.41. The zero-order chi connectivity index (χ0) is 10.0. The van der Waals surface area contributed by atoms with E-state index in [1.165, 1.54) is 6.42 Å². The van der Waals surface area contributed by atoms with E-state index < -0.39 is 0 Å². The Morgan fingerprint density at radius 2 is 2.36 bits per heavy atom. The van der Waals surface area contributed by atoms with Crippen LogP contribution < -0.4 is 5.32 Å². The number of halogens is 1. The fourth-order valence-corrected chi connectivity index (χ4v) is 2.05. The first-order chi connectivity index (χ1) is 6.76. The lowest BCUT2D eigenvalue weighted by molar-refractivity contribution is 0.0852. The van der Waals surface area contributed by atoms with E-state index in [1.807, 2.05) is 6.07 Å². The largest absolute Gasteiger partial charge is 0.467 e. The highest BCUT2D eigenvalue weighted by molar-refractivity contribution is 9.10. The third-order valence-electron chi connectivity index (χ3n) is 2.93. The summed E-state index contributed by atoms with van der Waals surface area (Å²) in [5.74, 6) is 0.893. The Balaban J connectivity index is 1.90. The van der Waals surface area contributed by atoms with Crippen molar-refractivity contribution >= 4 is 15.9 Å². The molecule has 0 atom stereocenters. The fourth-order valence-electron chi connectivity index (χ4n) is 1.71. The lowest BCUT2D eigenvalue weighted by Crippen LogP contribution is -2.53. The van der Waals surface area contributed by atoms with Gasteiger partial charge in [-0.2, -0.15) is 0 Å². The van der Waals surface area contributed by atoms with Crippen LogP contribution in [-0.4, -0.2) is 17.3 Å². The van der Waals surface area contributed by atoms with Gasteiger partial charge in [0.15, 0.2) is 0 Å². The zero-order valence-corrected chi connectivity index (χ0v) is 9.51. The summed E-state index contributed by atoms with van der Waals surface area (Å²) < 4.78 is 6.27. The predicted molar refractivity (Wildman–Crippen MR) is 56.9 cm³/mol. The van der Waals surface area contributed by atoms with Crippen molar-refractivity contribution in [2.75, 3.05) is 6.61 Å². The minimum absolute atomic E-state index is 0.0494. The highest BCUT2D eigenvalue weighted by atomic mass is 79.9.